The van der Waals surface area contributed by atoms with Crippen molar-refractivity contribution in [1.82, 2.24) is 15.1 Å². The van der Waals surface area contributed by atoms with Gasteiger partial charge in [0.25, 0.3) is 5.91 Å². The normalized spacial score (nSPS) is 20.2. The molecule has 1 N–H and O–H groups in total. The van der Waals surface area contributed by atoms with E-state index in [0.29, 0.717) is 31.1 Å². The zero-order valence-corrected chi connectivity index (χ0v) is 17.0. The van der Waals surface area contributed by atoms with Gasteiger partial charge < -0.3 is 10.2 Å². The average Bonchev–Trinajstić information content (AvgIpc) is 3.16. The highest BCUT2D eigenvalue weighted by atomic mass is 79.9. The molecule has 142 valence electrons. The van der Waals surface area contributed by atoms with Gasteiger partial charge in [-0.2, -0.15) is 0 Å². The van der Waals surface area contributed by atoms with Crippen molar-refractivity contribution in [1.29, 1.82) is 0 Å². The molecule has 1 saturated heterocycles. The molecule has 0 radical (unpaired) electrons. The Bertz CT molecular complexity index is 638. The topological polar surface area (TPSA) is 52.7 Å². The molecule has 6 heteroatoms. The first-order valence-corrected chi connectivity index (χ1v) is 10.5. The predicted molar refractivity (Wildman–Crippen MR) is 106 cm³/mol. The molecule has 0 aromatic heterocycles. The summed E-state index contributed by atoms with van der Waals surface area (Å²) in [5.74, 6) is 0.682. The van der Waals surface area contributed by atoms with Crippen LogP contribution >= 0.6 is 15.9 Å². The summed E-state index contributed by atoms with van der Waals surface area (Å²) in [4.78, 5) is 29.6. The maximum absolute atomic E-state index is 12.7. The summed E-state index contributed by atoms with van der Waals surface area (Å²) in [7, 11) is 0. The van der Waals surface area contributed by atoms with Crippen molar-refractivity contribution in [3.05, 3.63) is 34.3 Å². The maximum Gasteiger partial charge on any atom is 0.253 e. The highest BCUT2D eigenvalue weighted by Gasteiger charge is 2.37. The third-order valence-corrected chi connectivity index (χ3v) is 6.03. The van der Waals surface area contributed by atoms with Crippen LogP contribution in [0.25, 0.3) is 0 Å². The minimum absolute atomic E-state index is 0.0411. The summed E-state index contributed by atoms with van der Waals surface area (Å²) >= 11 is 3.43. The quantitative estimate of drug-likeness (QED) is 0.794. The Labute approximate surface area is 164 Å². The van der Waals surface area contributed by atoms with Gasteiger partial charge in [-0.25, -0.2) is 0 Å². The monoisotopic (exact) mass is 421 g/mol. The van der Waals surface area contributed by atoms with Crippen LogP contribution in [0, 0.1) is 5.92 Å². The lowest BCUT2D eigenvalue weighted by Crippen LogP contribution is -2.58. The number of hydrogen-bond acceptors (Lipinski definition) is 3. The number of halogens is 1. The molecule has 1 aliphatic carbocycles. The number of carbonyl (C=O) groups is 2. The Morgan fingerprint density at radius 3 is 2.50 bits per heavy atom. The van der Waals surface area contributed by atoms with Crippen LogP contribution in [0.2, 0.25) is 0 Å². The zero-order chi connectivity index (χ0) is 18.5. The fourth-order valence-electron chi connectivity index (χ4n) is 4.24. The van der Waals surface area contributed by atoms with E-state index in [9.17, 15) is 9.59 Å². The van der Waals surface area contributed by atoms with E-state index in [2.05, 4.69) is 26.1 Å². The molecule has 1 atom stereocenters. The standard InChI is InChI=1S/C20H28BrN3O2/c1-2-22-19(25)18(15-6-3-4-7-15)23-10-12-24(13-11-23)20(26)16-8-5-9-17(21)14-16/h5,8-9,14-15,18H,2-4,6-7,10-13H2,1H3,(H,22,25)/t18-/m0/s1. The summed E-state index contributed by atoms with van der Waals surface area (Å²) in [6.07, 6.45) is 4.72. The molecule has 0 spiro atoms. The number of carbonyl (C=O) groups excluding carboxylic acids is 2. The van der Waals surface area contributed by atoms with Crippen molar-refractivity contribution >= 4 is 27.7 Å². The van der Waals surface area contributed by atoms with E-state index in [1.807, 2.05) is 36.1 Å². The highest BCUT2D eigenvalue weighted by Crippen LogP contribution is 2.31. The first kappa shape index (κ1) is 19.4. The second-order valence-corrected chi connectivity index (χ2v) is 8.14. The van der Waals surface area contributed by atoms with Gasteiger partial charge in [-0.1, -0.05) is 34.8 Å². The van der Waals surface area contributed by atoms with Crippen LogP contribution in [-0.4, -0.2) is 60.4 Å². The van der Waals surface area contributed by atoms with Crippen LogP contribution in [-0.2, 0) is 4.79 Å². The van der Waals surface area contributed by atoms with Crippen LogP contribution in [0.5, 0.6) is 0 Å². The lowest BCUT2D eigenvalue weighted by Gasteiger charge is -2.40. The van der Waals surface area contributed by atoms with E-state index < -0.39 is 0 Å². The van der Waals surface area contributed by atoms with E-state index in [-0.39, 0.29) is 17.9 Å². The molecule has 5 nitrogen and oxygen atoms in total. The Hall–Kier alpha value is -1.40. The van der Waals surface area contributed by atoms with Gasteiger partial charge in [-0.05, 0) is 43.9 Å². The minimum Gasteiger partial charge on any atom is -0.355 e. The average molecular weight is 422 g/mol. The Morgan fingerprint density at radius 2 is 1.88 bits per heavy atom. The second kappa shape index (κ2) is 9.00. The number of nitrogens with zero attached hydrogens (tertiary/aromatic N) is 2. The van der Waals surface area contributed by atoms with E-state index in [1.165, 1.54) is 12.8 Å². The first-order valence-electron chi connectivity index (χ1n) is 9.66. The molecule has 26 heavy (non-hydrogen) atoms. The summed E-state index contributed by atoms with van der Waals surface area (Å²) < 4.78 is 0.916. The Kier molecular flexibility index (Phi) is 6.70. The van der Waals surface area contributed by atoms with Crippen LogP contribution < -0.4 is 5.32 Å². The lowest BCUT2D eigenvalue weighted by atomic mass is 9.95. The molecule has 2 fully saturated rings. The van der Waals surface area contributed by atoms with E-state index >= 15 is 0 Å². The van der Waals surface area contributed by atoms with Gasteiger partial charge in [0, 0.05) is 42.8 Å². The molecule has 0 bridgehead atoms. The van der Waals surface area contributed by atoms with Gasteiger partial charge in [0.2, 0.25) is 5.91 Å². The smallest absolute Gasteiger partial charge is 0.253 e. The number of amides is 2. The molecule has 1 aromatic rings. The number of benzene rings is 1. The van der Waals surface area contributed by atoms with Crippen molar-refractivity contribution in [2.45, 2.75) is 38.6 Å². The van der Waals surface area contributed by atoms with Crippen LogP contribution in [0.15, 0.2) is 28.7 Å². The van der Waals surface area contributed by atoms with Gasteiger partial charge in [0.05, 0.1) is 6.04 Å². The first-order chi connectivity index (χ1) is 12.6. The Balaban J connectivity index is 1.63. The van der Waals surface area contributed by atoms with Crippen molar-refractivity contribution in [3.63, 3.8) is 0 Å². The molecular weight excluding hydrogens is 394 g/mol. The summed E-state index contributed by atoms with van der Waals surface area (Å²) in [5.41, 5.74) is 0.712. The molecule has 2 aliphatic rings. The molecule has 1 aromatic carbocycles. The van der Waals surface area contributed by atoms with Crippen LogP contribution in [0.3, 0.4) is 0 Å². The third kappa shape index (κ3) is 4.46. The van der Waals surface area contributed by atoms with Crippen molar-refractivity contribution < 1.29 is 9.59 Å². The van der Waals surface area contributed by atoms with Crippen molar-refractivity contribution in [2.75, 3.05) is 32.7 Å². The molecule has 3 rings (SSSR count). The number of nitrogens with one attached hydrogen (secondary N) is 1. The fourth-order valence-corrected chi connectivity index (χ4v) is 4.64. The van der Waals surface area contributed by atoms with Crippen molar-refractivity contribution in [3.8, 4) is 0 Å². The van der Waals surface area contributed by atoms with Crippen LogP contribution in [0.1, 0.15) is 43.0 Å². The van der Waals surface area contributed by atoms with Gasteiger partial charge >= 0.3 is 0 Å². The van der Waals surface area contributed by atoms with Crippen LogP contribution in [0.4, 0.5) is 0 Å². The number of likely N-dealkylation sites (N-methyl/N-ethyl adjacent to an activating group) is 1. The van der Waals surface area contributed by atoms with E-state index in [0.717, 1.165) is 30.4 Å². The van der Waals surface area contributed by atoms with Gasteiger partial charge in [-0.15, -0.1) is 0 Å². The number of hydrogen-bond donors (Lipinski definition) is 1. The minimum atomic E-state index is -0.0411. The summed E-state index contributed by atoms with van der Waals surface area (Å²) in [6, 6.07) is 7.49. The molecule has 1 heterocycles. The van der Waals surface area contributed by atoms with E-state index in [4.69, 9.17) is 0 Å². The number of piperazine rings is 1. The molecule has 1 aliphatic heterocycles. The third-order valence-electron chi connectivity index (χ3n) is 5.53. The fraction of sp³-hybridized carbons (Fsp3) is 0.600. The molecule has 0 unspecified atom stereocenters. The summed E-state index contributed by atoms with van der Waals surface area (Å²) in [5, 5.41) is 3.02. The van der Waals surface area contributed by atoms with E-state index in [1.54, 1.807) is 0 Å². The highest BCUT2D eigenvalue weighted by molar-refractivity contribution is 9.10. The zero-order valence-electron chi connectivity index (χ0n) is 15.4. The lowest BCUT2D eigenvalue weighted by molar-refractivity contribution is -0.129. The Morgan fingerprint density at radius 1 is 1.19 bits per heavy atom. The van der Waals surface area contributed by atoms with Crippen molar-refractivity contribution in [2.24, 2.45) is 5.92 Å². The molecule has 2 amide bonds. The van der Waals surface area contributed by atoms with Gasteiger partial charge in [0.1, 0.15) is 0 Å². The maximum atomic E-state index is 12.7. The summed E-state index contributed by atoms with van der Waals surface area (Å²) in [6.45, 7) is 5.51. The number of rotatable bonds is 5. The largest absolute Gasteiger partial charge is 0.355 e. The van der Waals surface area contributed by atoms with Gasteiger partial charge in [-0.3, -0.25) is 14.5 Å². The SMILES string of the molecule is CCNC(=O)[C@H](C1CCCC1)N1CCN(C(=O)c2cccc(Br)c2)CC1. The molecule has 1 saturated carbocycles. The second-order valence-electron chi connectivity index (χ2n) is 7.22. The van der Waals surface area contributed by atoms with Gasteiger partial charge in [0.15, 0.2) is 0 Å². The molecular formula is C20H28BrN3O2. The predicted octanol–water partition coefficient (Wildman–Crippen LogP) is 2.90.